The quantitative estimate of drug-likeness (QED) is 0.515. The van der Waals surface area contributed by atoms with E-state index in [1.807, 2.05) is 26.8 Å². The number of carbonyl (C=O) groups excluding carboxylic acids is 1. The van der Waals surface area contributed by atoms with Gasteiger partial charge in [-0.15, -0.1) is 0 Å². The molecule has 0 aliphatic carbocycles. The topological polar surface area (TPSA) is 54.0 Å². The first kappa shape index (κ1) is 16.5. The first-order chi connectivity index (χ1) is 9.65. The summed E-state index contributed by atoms with van der Waals surface area (Å²) in [4.78, 5) is 11.1. The molecule has 0 saturated carbocycles. The minimum absolute atomic E-state index is 0.196. The highest BCUT2D eigenvalue weighted by Crippen LogP contribution is 2.32. The van der Waals surface area contributed by atoms with Crippen molar-refractivity contribution in [2.45, 2.75) is 27.1 Å². The minimum atomic E-state index is -0.462. The molecule has 0 aliphatic heterocycles. The van der Waals surface area contributed by atoms with Gasteiger partial charge in [0.1, 0.15) is 6.61 Å². The fraction of sp³-hybridized carbons (Fsp3) is 0.533. The zero-order valence-corrected chi connectivity index (χ0v) is 12.5. The van der Waals surface area contributed by atoms with Crippen molar-refractivity contribution in [3.8, 4) is 11.5 Å². The molecule has 112 valence electrons. The van der Waals surface area contributed by atoms with E-state index in [0.717, 1.165) is 11.8 Å². The number of aryl methyl sites for hydroxylation is 1. The summed E-state index contributed by atoms with van der Waals surface area (Å²) in [5.41, 5.74) is 1.39. The van der Waals surface area contributed by atoms with Crippen LogP contribution in [0.15, 0.2) is 12.1 Å². The third-order valence-corrected chi connectivity index (χ3v) is 2.64. The Morgan fingerprint density at radius 3 is 2.35 bits per heavy atom. The lowest BCUT2D eigenvalue weighted by Crippen LogP contribution is -2.25. The van der Waals surface area contributed by atoms with Crippen LogP contribution in [0.5, 0.6) is 11.5 Å². The SMILES string of the molecule is CCOC(COc1c(C=O)cc(C)cc1OC)OCC. The van der Waals surface area contributed by atoms with Crippen LogP contribution in [0.1, 0.15) is 29.8 Å². The van der Waals surface area contributed by atoms with Crippen molar-refractivity contribution in [3.05, 3.63) is 23.3 Å². The van der Waals surface area contributed by atoms with Crippen molar-refractivity contribution < 1.29 is 23.7 Å². The second-order valence-corrected chi connectivity index (χ2v) is 4.15. The van der Waals surface area contributed by atoms with Gasteiger partial charge in [-0.2, -0.15) is 0 Å². The predicted octanol–water partition coefficient (Wildman–Crippen LogP) is 2.59. The summed E-state index contributed by atoms with van der Waals surface area (Å²) in [6.07, 6.45) is 0.289. The molecule has 5 heteroatoms. The number of hydrogen-bond donors (Lipinski definition) is 0. The van der Waals surface area contributed by atoms with Gasteiger partial charge in [0.25, 0.3) is 0 Å². The number of rotatable bonds is 9. The Hall–Kier alpha value is -1.59. The number of ether oxygens (including phenoxy) is 4. The van der Waals surface area contributed by atoms with Crippen LogP contribution < -0.4 is 9.47 Å². The lowest BCUT2D eigenvalue weighted by atomic mass is 10.1. The molecule has 0 radical (unpaired) electrons. The van der Waals surface area contributed by atoms with Crippen LogP contribution in [0.2, 0.25) is 0 Å². The highest BCUT2D eigenvalue weighted by atomic mass is 16.7. The third-order valence-electron chi connectivity index (χ3n) is 2.64. The maximum Gasteiger partial charge on any atom is 0.191 e. The van der Waals surface area contributed by atoms with Gasteiger partial charge in [0.15, 0.2) is 24.1 Å². The molecule has 1 aromatic rings. The van der Waals surface area contributed by atoms with Crippen molar-refractivity contribution >= 4 is 6.29 Å². The normalized spacial score (nSPS) is 10.7. The average Bonchev–Trinajstić information content (AvgIpc) is 2.45. The lowest BCUT2D eigenvalue weighted by molar-refractivity contribution is -0.152. The summed E-state index contributed by atoms with van der Waals surface area (Å²) in [6, 6.07) is 3.57. The van der Waals surface area contributed by atoms with Gasteiger partial charge in [-0.05, 0) is 38.5 Å². The van der Waals surface area contributed by atoms with E-state index < -0.39 is 6.29 Å². The van der Waals surface area contributed by atoms with Gasteiger partial charge >= 0.3 is 0 Å². The molecular formula is C15H22O5. The maximum absolute atomic E-state index is 11.1. The average molecular weight is 282 g/mol. The highest BCUT2D eigenvalue weighted by Gasteiger charge is 2.15. The van der Waals surface area contributed by atoms with E-state index in [4.69, 9.17) is 18.9 Å². The van der Waals surface area contributed by atoms with Crippen LogP contribution in [0.3, 0.4) is 0 Å². The number of aldehydes is 1. The number of hydrogen-bond acceptors (Lipinski definition) is 5. The molecule has 5 nitrogen and oxygen atoms in total. The molecule has 0 unspecified atom stereocenters. The second kappa shape index (κ2) is 8.55. The molecule has 0 spiro atoms. The predicted molar refractivity (Wildman–Crippen MR) is 75.7 cm³/mol. The summed E-state index contributed by atoms with van der Waals surface area (Å²) < 4.78 is 21.7. The Morgan fingerprint density at radius 1 is 1.20 bits per heavy atom. The summed E-state index contributed by atoms with van der Waals surface area (Å²) in [5.74, 6) is 0.941. The molecule has 0 fully saturated rings. The Labute approximate surface area is 119 Å². The molecule has 0 bridgehead atoms. The molecule has 0 aromatic heterocycles. The van der Waals surface area contributed by atoms with E-state index in [1.165, 1.54) is 0 Å². The van der Waals surface area contributed by atoms with Gasteiger partial charge in [-0.3, -0.25) is 4.79 Å². The van der Waals surface area contributed by atoms with E-state index in [0.29, 0.717) is 30.3 Å². The van der Waals surface area contributed by atoms with Crippen LogP contribution in [-0.4, -0.2) is 39.5 Å². The van der Waals surface area contributed by atoms with Crippen LogP contribution in [0, 0.1) is 6.92 Å². The standard InChI is InChI=1S/C15H22O5/c1-5-18-14(19-6-2)10-20-15-12(9-16)7-11(3)8-13(15)17-4/h7-9,14H,5-6,10H2,1-4H3. The zero-order chi connectivity index (χ0) is 15.0. The van der Waals surface area contributed by atoms with Crippen molar-refractivity contribution in [3.63, 3.8) is 0 Å². The number of benzene rings is 1. The Balaban J connectivity index is 2.87. The van der Waals surface area contributed by atoms with Crippen molar-refractivity contribution in [1.82, 2.24) is 0 Å². The summed E-state index contributed by atoms with van der Waals surface area (Å²) in [7, 11) is 1.54. The van der Waals surface area contributed by atoms with Gasteiger partial charge in [-0.25, -0.2) is 0 Å². The van der Waals surface area contributed by atoms with E-state index in [2.05, 4.69) is 0 Å². The Bertz CT molecular complexity index is 425. The van der Waals surface area contributed by atoms with E-state index >= 15 is 0 Å². The molecular weight excluding hydrogens is 260 g/mol. The number of carbonyl (C=O) groups is 1. The lowest BCUT2D eigenvalue weighted by Gasteiger charge is -2.19. The van der Waals surface area contributed by atoms with Gasteiger partial charge in [-0.1, -0.05) is 0 Å². The molecule has 1 aromatic carbocycles. The van der Waals surface area contributed by atoms with Crippen molar-refractivity contribution in [2.75, 3.05) is 26.9 Å². The third kappa shape index (κ3) is 4.51. The molecule has 0 atom stereocenters. The molecule has 1 rings (SSSR count). The van der Waals surface area contributed by atoms with Gasteiger partial charge < -0.3 is 18.9 Å². The molecule has 0 amide bonds. The highest BCUT2D eigenvalue weighted by molar-refractivity contribution is 5.81. The van der Waals surface area contributed by atoms with Crippen molar-refractivity contribution in [1.29, 1.82) is 0 Å². The Kier molecular flexibility index (Phi) is 7.04. The first-order valence-electron chi connectivity index (χ1n) is 6.66. The van der Waals surface area contributed by atoms with Crippen LogP contribution >= 0.6 is 0 Å². The smallest absolute Gasteiger partial charge is 0.191 e. The second-order valence-electron chi connectivity index (χ2n) is 4.15. The van der Waals surface area contributed by atoms with Crippen LogP contribution in [0.4, 0.5) is 0 Å². The first-order valence-corrected chi connectivity index (χ1v) is 6.66. The monoisotopic (exact) mass is 282 g/mol. The van der Waals surface area contributed by atoms with Crippen molar-refractivity contribution in [2.24, 2.45) is 0 Å². The van der Waals surface area contributed by atoms with E-state index in [9.17, 15) is 4.79 Å². The summed E-state index contributed by atoms with van der Waals surface area (Å²) in [6.45, 7) is 6.91. The molecule has 20 heavy (non-hydrogen) atoms. The van der Waals surface area contributed by atoms with Crippen LogP contribution in [-0.2, 0) is 9.47 Å². The maximum atomic E-state index is 11.1. The molecule has 0 heterocycles. The van der Waals surface area contributed by atoms with E-state index in [-0.39, 0.29) is 6.61 Å². The molecule has 0 aliphatic rings. The summed E-state index contributed by atoms with van der Waals surface area (Å²) in [5, 5.41) is 0. The van der Waals surface area contributed by atoms with Gasteiger partial charge in [0, 0.05) is 13.2 Å². The fourth-order valence-corrected chi connectivity index (χ4v) is 1.83. The van der Waals surface area contributed by atoms with E-state index in [1.54, 1.807) is 13.2 Å². The zero-order valence-electron chi connectivity index (χ0n) is 12.5. The fourth-order valence-electron chi connectivity index (χ4n) is 1.83. The largest absolute Gasteiger partial charge is 0.493 e. The van der Waals surface area contributed by atoms with Crippen LogP contribution in [0.25, 0.3) is 0 Å². The minimum Gasteiger partial charge on any atom is -0.493 e. The number of methoxy groups -OCH3 is 1. The Morgan fingerprint density at radius 2 is 1.85 bits per heavy atom. The van der Waals surface area contributed by atoms with Gasteiger partial charge in [0.2, 0.25) is 0 Å². The molecule has 0 N–H and O–H groups in total. The molecule has 0 saturated heterocycles. The van der Waals surface area contributed by atoms with Gasteiger partial charge in [0.05, 0.1) is 12.7 Å². The summed E-state index contributed by atoms with van der Waals surface area (Å²) >= 11 is 0.